The third-order valence-electron chi connectivity index (χ3n) is 4.37. The summed E-state index contributed by atoms with van der Waals surface area (Å²) in [5.74, 6) is 0.986. The maximum absolute atomic E-state index is 5.30. The molecule has 86 valence electrons. The van der Waals surface area contributed by atoms with E-state index in [2.05, 4.69) is 30.4 Å². The molecule has 1 heterocycles. The first kappa shape index (κ1) is 10.2. The summed E-state index contributed by atoms with van der Waals surface area (Å²) in [7, 11) is 1.74. The van der Waals surface area contributed by atoms with Gasteiger partial charge < -0.3 is 10.1 Å². The van der Waals surface area contributed by atoms with Crippen LogP contribution in [0.25, 0.3) is 0 Å². The Morgan fingerprint density at radius 2 is 2.25 bits per heavy atom. The molecule has 2 nitrogen and oxygen atoms in total. The third-order valence-corrected chi connectivity index (χ3v) is 4.37. The van der Waals surface area contributed by atoms with Crippen LogP contribution in [0.4, 0.5) is 0 Å². The van der Waals surface area contributed by atoms with Crippen molar-refractivity contribution in [2.75, 3.05) is 13.7 Å². The average Bonchev–Trinajstić information content (AvgIpc) is 2.70. The molecule has 2 atom stereocenters. The first-order valence-electron chi connectivity index (χ1n) is 6.13. The Labute approximate surface area is 97.0 Å². The molecule has 0 saturated carbocycles. The second kappa shape index (κ2) is 3.49. The number of hydrogen-bond donors (Lipinski definition) is 1. The Bertz CT molecular complexity index is 415. The van der Waals surface area contributed by atoms with E-state index in [-0.39, 0.29) is 0 Å². The van der Waals surface area contributed by atoms with E-state index in [1.807, 2.05) is 0 Å². The largest absolute Gasteiger partial charge is 0.497 e. The van der Waals surface area contributed by atoms with Crippen molar-refractivity contribution < 1.29 is 4.74 Å². The van der Waals surface area contributed by atoms with Gasteiger partial charge in [-0.25, -0.2) is 0 Å². The fourth-order valence-electron chi connectivity index (χ4n) is 3.27. The average molecular weight is 217 g/mol. The molecule has 2 heteroatoms. The SMILES string of the molecule is COc1ccc2c(c1)CCC1(C)CCNC21. The summed E-state index contributed by atoms with van der Waals surface area (Å²) >= 11 is 0. The molecule has 1 aliphatic carbocycles. The monoisotopic (exact) mass is 217 g/mol. The first-order valence-corrected chi connectivity index (χ1v) is 6.13. The second-order valence-electron chi connectivity index (χ2n) is 5.36. The molecule has 2 aliphatic rings. The van der Waals surface area contributed by atoms with Crippen molar-refractivity contribution >= 4 is 0 Å². The Hall–Kier alpha value is -1.02. The second-order valence-corrected chi connectivity index (χ2v) is 5.36. The van der Waals surface area contributed by atoms with E-state index in [4.69, 9.17) is 4.74 Å². The van der Waals surface area contributed by atoms with Gasteiger partial charge in [-0.05, 0) is 54.5 Å². The van der Waals surface area contributed by atoms with Crippen LogP contribution in [0.3, 0.4) is 0 Å². The highest BCUT2D eigenvalue weighted by Gasteiger charge is 2.42. The maximum atomic E-state index is 5.30. The molecule has 1 N–H and O–H groups in total. The summed E-state index contributed by atoms with van der Waals surface area (Å²) in [6.45, 7) is 3.58. The molecule has 16 heavy (non-hydrogen) atoms. The Morgan fingerprint density at radius 3 is 3.06 bits per heavy atom. The van der Waals surface area contributed by atoms with Gasteiger partial charge in [0.2, 0.25) is 0 Å². The first-order chi connectivity index (χ1) is 7.73. The van der Waals surface area contributed by atoms with Crippen molar-refractivity contribution in [3.05, 3.63) is 29.3 Å². The van der Waals surface area contributed by atoms with E-state index in [0.717, 1.165) is 12.3 Å². The zero-order valence-corrected chi connectivity index (χ0v) is 10.0. The maximum Gasteiger partial charge on any atom is 0.119 e. The zero-order chi connectivity index (χ0) is 11.2. The van der Waals surface area contributed by atoms with Crippen LogP contribution in [0.5, 0.6) is 5.75 Å². The van der Waals surface area contributed by atoms with E-state index in [1.165, 1.54) is 30.4 Å². The Kier molecular flexibility index (Phi) is 2.21. The van der Waals surface area contributed by atoms with Crippen molar-refractivity contribution in [3.63, 3.8) is 0 Å². The normalized spacial score (nSPS) is 32.0. The van der Waals surface area contributed by atoms with E-state index < -0.39 is 0 Å². The molecule has 0 radical (unpaired) electrons. The lowest BCUT2D eigenvalue weighted by molar-refractivity contribution is 0.242. The molecular formula is C14H19NO. The van der Waals surface area contributed by atoms with Crippen LogP contribution >= 0.6 is 0 Å². The van der Waals surface area contributed by atoms with E-state index in [9.17, 15) is 0 Å². The molecule has 1 saturated heterocycles. The molecule has 1 aromatic carbocycles. The van der Waals surface area contributed by atoms with E-state index >= 15 is 0 Å². The van der Waals surface area contributed by atoms with Crippen molar-refractivity contribution in [1.82, 2.24) is 5.32 Å². The van der Waals surface area contributed by atoms with Crippen LogP contribution in [-0.2, 0) is 6.42 Å². The van der Waals surface area contributed by atoms with Gasteiger partial charge in [0.05, 0.1) is 7.11 Å². The minimum absolute atomic E-state index is 0.474. The molecule has 1 aromatic rings. The molecule has 1 fully saturated rings. The fourth-order valence-corrected chi connectivity index (χ4v) is 3.27. The number of hydrogen-bond acceptors (Lipinski definition) is 2. The number of ether oxygens (including phenoxy) is 1. The Morgan fingerprint density at radius 1 is 1.38 bits per heavy atom. The lowest BCUT2D eigenvalue weighted by Crippen LogP contribution is -2.31. The van der Waals surface area contributed by atoms with Crippen LogP contribution in [0, 0.1) is 5.41 Å². The highest BCUT2D eigenvalue weighted by Crippen LogP contribution is 2.49. The molecule has 3 rings (SSSR count). The summed E-state index contributed by atoms with van der Waals surface area (Å²) in [4.78, 5) is 0. The van der Waals surface area contributed by atoms with Crippen molar-refractivity contribution in [2.45, 2.75) is 32.2 Å². The minimum atomic E-state index is 0.474. The van der Waals surface area contributed by atoms with Gasteiger partial charge in [-0.2, -0.15) is 0 Å². The minimum Gasteiger partial charge on any atom is -0.497 e. The fraction of sp³-hybridized carbons (Fsp3) is 0.571. The molecule has 1 aliphatic heterocycles. The van der Waals surface area contributed by atoms with Gasteiger partial charge in [0.1, 0.15) is 5.75 Å². The smallest absolute Gasteiger partial charge is 0.119 e. The number of nitrogens with one attached hydrogen (secondary N) is 1. The van der Waals surface area contributed by atoms with Crippen LogP contribution in [0.1, 0.15) is 36.9 Å². The van der Waals surface area contributed by atoms with Gasteiger partial charge >= 0.3 is 0 Å². The van der Waals surface area contributed by atoms with Crippen LogP contribution in [0.15, 0.2) is 18.2 Å². The topological polar surface area (TPSA) is 21.3 Å². The standard InChI is InChI=1S/C14H19NO/c1-14-6-5-10-9-11(16-2)3-4-12(10)13(14)15-8-7-14/h3-4,9,13,15H,5-8H2,1-2H3. The lowest BCUT2D eigenvalue weighted by Gasteiger charge is -2.37. The lowest BCUT2D eigenvalue weighted by atomic mass is 9.69. The molecule has 0 amide bonds. The molecule has 0 spiro atoms. The van der Waals surface area contributed by atoms with Crippen LogP contribution in [0.2, 0.25) is 0 Å². The number of benzene rings is 1. The number of fused-ring (bicyclic) bond motifs is 3. The van der Waals surface area contributed by atoms with E-state index in [1.54, 1.807) is 7.11 Å². The Balaban J connectivity index is 2.04. The zero-order valence-electron chi connectivity index (χ0n) is 10.0. The van der Waals surface area contributed by atoms with Crippen LogP contribution < -0.4 is 10.1 Å². The van der Waals surface area contributed by atoms with Gasteiger partial charge in [-0.15, -0.1) is 0 Å². The van der Waals surface area contributed by atoms with Crippen LogP contribution in [-0.4, -0.2) is 13.7 Å². The summed E-state index contributed by atoms with van der Waals surface area (Å²) in [6, 6.07) is 7.09. The molecule has 0 aromatic heterocycles. The summed E-state index contributed by atoms with van der Waals surface area (Å²) in [5.41, 5.74) is 3.44. The predicted molar refractivity (Wildman–Crippen MR) is 64.8 cm³/mol. The molecule has 0 bridgehead atoms. The highest BCUT2D eigenvalue weighted by atomic mass is 16.5. The quantitative estimate of drug-likeness (QED) is 0.781. The van der Waals surface area contributed by atoms with Crippen molar-refractivity contribution in [1.29, 1.82) is 0 Å². The summed E-state index contributed by atoms with van der Waals surface area (Å²) < 4.78 is 5.30. The van der Waals surface area contributed by atoms with Gasteiger partial charge in [0.25, 0.3) is 0 Å². The van der Waals surface area contributed by atoms with E-state index in [0.29, 0.717) is 11.5 Å². The van der Waals surface area contributed by atoms with Crippen molar-refractivity contribution in [3.8, 4) is 5.75 Å². The van der Waals surface area contributed by atoms with Gasteiger partial charge in [-0.1, -0.05) is 13.0 Å². The summed E-state index contributed by atoms with van der Waals surface area (Å²) in [6.07, 6.45) is 3.80. The third kappa shape index (κ3) is 1.36. The van der Waals surface area contributed by atoms with Gasteiger partial charge in [0.15, 0.2) is 0 Å². The number of rotatable bonds is 1. The highest BCUT2D eigenvalue weighted by molar-refractivity contribution is 5.41. The molecular weight excluding hydrogens is 198 g/mol. The molecule has 2 unspecified atom stereocenters. The predicted octanol–water partition coefficient (Wildman–Crippen LogP) is 2.68. The summed E-state index contributed by atoms with van der Waals surface area (Å²) in [5, 5.41) is 3.65. The number of aryl methyl sites for hydroxylation is 1. The van der Waals surface area contributed by atoms with Gasteiger partial charge in [-0.3, -0.25) is 0 Å². The van der Waals surface area contributed by atoms with Crippen molar-refractivity contribution in [2.24, 2.45) is 5.41 Å². The van der Waals surface area contributed by atoms with Gasteiger partial charge in [0, 0.05) is 6.04 Å². The number of methoxy groups -OCH3 is 1.